The Balaban J connectivity index is 1.48. The third-order valence-electron chi connectivity index (χ3n) is 5.31. The minimum atomic E-state index is -0.663. The molecule has 1 saturated heterocycles. The average Bonchev–Trinajstić information content (AvgIpc) is 2.97. The van der Waals surface area contributed by atoms with Crippen LogP contribution in [-0.4, -0.2) is 29.6 Å². The Morgan fingerprint density at radius 1 is 1.24 bits per heavy atom. The van der Waals surface area contributed by atoms with Crippen LogP contribution in [0.15, 0.2) is 60.9 Å². The highest BCUT2D eigenvalue weighted by atomic mass is 127. The van der Waals surface area contributed by atoms with Crippen LogP contribution in [0.3, 0.4) is 0 Å². The highest BCUT2D eigenvalue weighted by Crippen LogP contribution is 2.31. The first-order valence-corrected chi connectivity index (χ1v) is 11.0. The number of alkyl halides is 1. The van der Waals surface area contributed by atoms with Gasteiger partial charge in [0, 0.05) is 36.0 Å². The number of nitrogens with zero attached hydrogens (tertiary/aromatic N) is 1. The number of carbonyl (C=O) groups excluding carboxylic acids is 1. The van der Waals surface area contributed by atoms with Gasteiger partial charge in [0.2, 0.25) is 5.91 Å². The lowest BCUT2D eigenvalue weighted by atomic mass is 9.83. The molecule has 1 amide bonds. The van der Waals surface area contributed by atoms with Crippen LogP contribution in [0.4, 0.5) is 5.69 Å². The lowest BCUT2D eigenvalue weighted by Gasteiger charge is -2.17. The third kappa shape index (κ3) is 4.97. The summed E-state index contributed by atoms with van der Waals surface area (Å²) < 4.78 is 5.19. The predicted molar refractivity (Wildman–Crippen MR) is 124 cm³/mol. The van der Waals surface area contributed by atoms with E-state index in [1.54, 1.807) is 6.20 Å². The van der Waals surface area contributed by atoms with Crippen LogP contribution in [0.2, 0.25) is 6.32 Å². The molecule has 1 fully saturated rings. The van der Waals surface area contributed by atoms with Crippen molar-refractivity contribution in [3.05, 3.63) is 72.1 Å². The van der Waals surface area contributed by atoms with Crippen molar-refractivity contribution >= 4 is 52.1 Å². The Labute approximate surface area is 184 Å². The fraction of sp³-hybridized carbons (Fsp3) is 0.273. The summed E-state index contributed by atoms with van der Waals surface area (Å²) in [7, 11) is -0.663. The third-order valence-corrected chi connectivity index (χ3v) is 6.59. The average molecular weight is 500 g/mol. The summed E-state index contributed by atoms with van der Waals surface area (Å²) in [5.74, 6) is 0.191. The summed E-state index contributed by atoms with van der Waals surface area (Å²) >= 11 is 2.18. The number of rotatable bonds is 4. The quantitative estimate of drug-likeness (QED) is 0.309. The first-order valence-electron chi connectivity index (χ1n) is 9.78. The largest absolute Gasteiger partial charge is 0.454 e. The molecule has 0 aliphatic carbocycles. The first kappa shape index (κ1) is 20.3. The van der Waals surface area contributed by atoms with Gasteiger partial charge in [-0.1, -0.05) is 59.3 Å². The summed E-state index contributed by atoms with van der Waals surface area (Å²) in [6, 6.07) is 15.9. The van der Waals surface area contributed by atoms with Crippen molar-refractivity contribution in [2.24, 2.45) is 0 Å². The number of benzene rings is 2. The summed E-state index contributed by atoms with van der Waals surface area (Å²) in [5.41, 5.74) is 2.90. The number of pyridine rings is 1. The number of nitrogens with one attached hydrogen (secondary N) is 1. The van der Waals surface area contributed by atoms with Crippen LogP contribution in [0.1, 0.15) is 33.8 Å². The molecule has 1 aliphatic rings. The smallest absolute Gasteiger partial charge is 0.427 e. The Morgan fingerprint density at radius 2 is 2.14 bits per heavy atom. The van der Waals surface area contributed by atoms with E-state index in [0.717, 1.165) is 40.4 Å². The maximum absolute atomic E-state index is 12.8. The maximum atomic E-state index is 12.8. The second kappa shape index (κ2) is 9.23. The van der Waals surface area contributed by atoms with E-state index in [1.807, 2.05) is 42.6 Å². The van der Waals surface area contributed by atoms with Crippen LogP contribution < -0.4 is 5.32 Å². The van der Waals surface area contributed by atoms with Gasteiger partial charge in [-0.15, -0.1) is 0 Å². The molecule has 1 aliphatic heterocycles. The van der Waals surface area contributed by atoms with Crippen molar-refractivity contribution in [3.8, 4) is 0 Å². The van der Waals surface area contributed by atoms with E-state index < -0.39 is 7.12 Å². The molecule has 0 bridgehead atoms. The van der Waals surface area contributed by atoms with E-state index >= 15 is 0 Å². The second-order valence-electron chi connectivity index (χ2n) is 7.38. The molecule has 0 radical (unpaired) electrons. The van der Waals surface area contributed by atoms with Crippen molar-refractivity contribution in [2.75, 3.05) is 11.9 Å². The van der Waals surface area contributed by atoms with Gasteiger partial charge in [0.25, 0.3) is 0 Å². The van der Waals surface area contributed by atoms with Crippen molar-refractivity contribution in [3.63, 3.8) is 0 Å². The Hall–Kier alpha value is -1.97. The van der Waals surface area contributed by atoms with Crippen LogP contribution in [0, 0.1) is 0 Å². The van der Waals surface area contributed by atoms with Crippen molar-refractivity contribution in [1.29, 1.82) is 0 Å². The lowest BCUT2D eigenvalue weighted by Crippen LogP contribution is -2.18. The van der Waals surface area contributed by atoms with E-state index in [4.69, 9.17) is 4.65 Å². The van der Waals surface area contributed by atoms with Crippen molar-refractivity contribution in [1.82, 2.24) is 4.98 Å². The van der Waals surface area contributed by atoms with E-state index in [1.165, 1.54) is 0 Å². The number of amides is 1. The zero-order chi connectivity index (χ0) is 20.2. The van der Waals surface area contributed by atoms with Gasteiger partial charge >= 0.3 is 7.12 Å². The molecule has 2 N–H and O–H groups in total. The Morgan fingerprint density at radius 3 is 3.03 bits per heavy atom. The molecule has 3 aromatic rings. The van der Waals surface area contributed by atoms with Crippen LogP contribution in [0.25, 0.3) is 10.8 Å². The SMILES string of the molecule is O=C(Nc1ccc2cnccc2c1)[C@H](I)c1cccc(C2CCCB(O)OC2)c1. The minimum absolute atomic E-state index is 0.0521. The molecule has 2 aromatic carbocycles. The number of halogens is 1. The van der Waals surface area contributed by atoms with Gasteiger partial charge in [-0.2, -0.15) is 0 Å². The molecular formula is C22H22BIN2O3. The number of aromatic nitrogens is 1. The highest BCUT2D eigenvalue weighted by molar-refractivity contribution is 14.1. The molecular weight excluding hydrogens is 478 g/mol. The van der Waals surface area contributed by atoms with Crippen LogP contribution in [-0.2, 0) is 9.45 Å². The molecule has 0 spiro atoms. The molecule has 1 unspecified atom stereocenters. The molecule has 0 saturated carbocycles. The molecule has 29 heavy (non-hydrogen) atoms. The Bertz CT molecular complexity index is 1020. The number of anilines is 1. The van der Waals surface area contributed by atoms with E-state index in [2.05, 4.69) is 45.0 Å². The van der Waals surface area contributed by atoms with E-state index in [0.29, 0.717) is 12.9 Å². The van der Waals surface area contributed by atoms with E-state index in [-0.39, 0.29) is 15.7 Å². The molecule has 7 heteroatoms. The van der Waals surface area contributed by atoms with Gasteiger partial charge in [0.05, 0.1) is 0 Å². The topological polar surface area (TPSA) is 71.5 Å². The summed E-state index contributed by atoms with van der Waals surface area (Å²) in [6.07, 6.45) is 6.14. The number of hydrogen-bond acceptors (Lipinski definition) is 4. The maximum Gasteiger partial charge on any atom is 0.454 e. The first-order chi connectivity index (χ1) is 14.1. The van der Waals surface area contributed by atoms with Gasteiger partial charge in [-0.05, 0) is 47.5 Å². The predicted octanol–water partition coefficient (Wildman–Crippen LogP) is 4.72. The van der Waals surface area contributed by atoms with Gasteiger partial charge in [0.15, 0.2) is 0 Å². The monoisotopic (exact) mass is 500 g/mol. The fourth-order valence-electron chi connectivity index (χ4n) is 3.68. The lowest BCUT2D eigenvalue weighted by molar-refractivity contribution is -0.115. The fourth-order valence-corrected chi connectivity index (χ4v) is 4.23. The molecule has 5 nitrogen and oxygen atoms in total. The summed E-state index contributed by atoms with van der Waals surface area (Å²) in [5, 5.41) is 14.8. The Kier molecular flexibility index (Phi) is 6.47. The normalized spacial score (nSPS) is 18.3. The highest BCUT2D eigenvalue weighted by Gasteiger charge is 2.24. The zero-order valence-corrected chi connectivity index (χ0v) is 18.1. The molecule has 2 heterocycles. The van der Waals surface area contributed by atoms with Crippen LogP contribution >= 0.6 is 22.6 Å². The minimum Gasteiger partial charge on any atom is -0.427 e. The van der Waals surface area contributed by atoms with Crippen molar-refractivity contribution < 1.29 is 14.5 Å². The second-order valence-corrected chi connectivity index (χ2v) is 8.62. The number of carbonyl (C=O) groups is 1. The van der Waals surface area contributed by atoms with Crippen LogP contribution in [0.5, 0.6) is 0 Å². The van der Waals surface area contributed by atoms with Gasteiger partial charge < -0.3 is 15.0 Å². The van der Waals surface area contributed by atoms with Gasteiger partial charge in [0.1, 0.15) is 3.92 Å². The summed E-state index contributed by atoms with van der Waals surface area (Å²) in [4.78, 5) is 17.0. The standard InChI is InChI=1S/C22H22BIN2O3/c24-21(22(27)26-20-7-6-18-13-25-10-8-16(18)12-20)17-4-1-3-15(11-17)19-5-2-9-23(28)29-14-19/h1,3-4,6-8,10-13,19,21,28H,2,5,9,14H2,(H,26,27)/t19?,21-/m1/s1. The zero-order valence-electron chi connectivity index (χ0n) is 15.9. The van der Waals surface area contributed by atoms with Crippen molar-refractivity contribution in [2.45, 2.75) is 29.0 Å². The molecule has 1 aromatic heterocycles. The number of hydrogen-bond donors (Lipinski definition) is 2. The molecule has 4 rings (SSSR count). The molecule has 2 atom stereocenters. The van der Waals surface area contributed by atoms with Gasteiger partial charge in [-0.3, -0.25) is 9.78 Å². The summed E-state index contributed by atoms with van der Waals surface area (Å²) in [6.45, 7) is 0.509. The number of fused-ring (bicyclic) bond motifs is 1. The van der Waals surface area contributed by atoms with E-state index in [9.17, 15) is 9.82 Å². The molecule has 148 valence electrons. The van der Waals surface area contributed by atoms with Gasteiger partial charge in [-0.25, -0.2) is 0 Å².